The zero-order chi connectivity index (χ0) is 25.6. The lowest BCUT2D eigenvalue weighted by Crippen LogP contribution is -2.47. The first kappa shape index (κ1) is 24.3. The second-order valence-corrected chi connectivity index (χ2v) is 16.1. The monoisotopic (exact) mass is 509 g/mol. The number of amides is 1. The SMILES string of the molecule is Cn1cc(-c2cc(F)c(C3CC(=O)N3c3ccc4c(c3)ncn4COCC[Si](C)(C)C)c(F)c2)cn1. The molecule has 1 saturated heterocycles. The maximum absolute atomic E-state index is 15.1. The number of nitrogens with zero attached hydrogens (tertiary/aromatic N) is 5. The van der Waals surface area contributed by atoms with Crippen molar-refractivity contribution in [1.82, 2.24) is 19.3 Å². The van der Waals surface area contributed by atoms with Gasteiger partial charge in [0.1, 0.15) is 18.4 Å². The predicted molar refractivity (Wildman–Crippen MR) is 137 cm³/mol. The number of fused-ring (bicyclic) bond motifs is 1. The average Bonchev–Trinajstić information content (AvgIpc) is 3.41. The van der Waals surface area contributed by atoms with Gasteiger partial charge in [-0.3, -0.25) is 9.48 Å². The van der Waals surface area contributed by atoms with Crippen molar-refractivity contribution < 1.29 is 18.3 Å². The fourth-order valence-corrected chi connectivity index (χ4v) is 5.21. The first-order valence-corrected chi connectivity index (χ1v) is 15.6. The average molecular weight is 510 g/mol. The molecule has 7 nitrogen and oxygen atoms in total. The minimum atomic E-state index is -1.16. The van der Waals surface area contributed by atoms with Crippen molar-refractivity contribution in [3.05, 3.63) is 66.3 Å². The smallest absolute Gasteiger partial charge is 0.230 e. The molecule has 0 radical (unpaired) electrons. The van der Waals surface area contributed by atoms with Crippen LogP contribution < -0.4 is 4.90 Å². The van der Waals surface area contributed by atoms with Crippen LogP contribution in [-0.4, -0.2) is 39.9 Å². The quantitative estimate of drug-likeness (QED) is 0.179. The maximum atomic E-state index is 15.1. The fourth-order valence-electron chi connectivity index (χ4n) is 4.46. The van der Waals surface area contributed by atoms with E-state index >= 15 is 8.78 Å². The van der Waals surface area contributed by atoms with Gasteiger partial charge in [0.2, 0.25) is 5.91 Å². The number of aromatic nitrogens is 4. The molecule has 0 spiro atoms. The van der Waals surface area contributed by atoms with Crippen LogP contribution in [-0.2, 0) is 23.3 Å². The van der Waals surface area contributed by atoms with Crippen LogP contribution in [0.5, 0.6) is 0 Å². The van der Waals surface area contributed by atoms with Crippen molar-refractivity contribution in [3.8, 4) is 11.1 Å². The zero-order valence-electron chi connectivity index (χ0n) is 20.8. The Morgan fingerprint density at radius 2 is 1.86 bits per heavy atom. The van der Waals surface area contributed by atoms with Gasteiger partial charge >= 0.3 is 0 Å². The van der Waals surface area contributed by atoms with E-state index in [0.717, 1.165) is 11.6 Å². The first-order chi connectivity index (χ1) is 17.1. The molecule has 1 aliphatic heterocycles. The van der Waals surface area contributed by atoms with Crippen molar-refractivity contribution in [2.75, 3.05) is 11.5 Å². The van der Waals surface area contributed by atoms with Crippen LogP contribution in [0, 0.1) is 11.6 Å². The summed E-state index contributed by atoms with van der Waals surface area (Å²) >= 11 is 0. The molecule has 4 aromatic rings. The number of halogens is 2. The molecule has 10 heteroatoms. The Bertz CT molecular complexity index is 1420. The number of hydrogen-bond donors (Lipinski definition) is 0. The number of carbonyl (C=O) groups excluding carboxylic acids is 1. The molecule has 0 bridgehead atoms. The lowest BCUT2D eigenvalue weighted by Gasteiger charge is -2.41. The summed E-state index contributed by atoms with van der Waals surface area (Å²) in [5, 5.41) is 4.06. The van der Waals surface area contributed by atoms with E-state index in [4.69, 9.17) is 4.74 Å². The number of anilines is 1. The van der Waals surface area contributed by atoms with Gasteiger partial charge in [0.25, 0.3) is 0 Å². The number of imidazole rings is 1. The summed E-state index contributed by atoms with van der Waals surface area (Å²) in [4.78, 5) is 18.4. The van der Waals surface area contributed by atoms with E-state index in [1.54, 1.807) is 42.6 Å². The molecule has 1 unspecified atom stereocenters. The molecule has 0 aliphatic carbocycles. The third-order valence-corrected chi connectivity index (χ3v) is 8.21. The number of hydrogen-bond acceptors (Lipinski definition) is 4. The highest BCUT2D eigenvalue weighted by atomic mass is 28.3. The zero-order valence-corrected chi connectivity index (χ0v) is 21.8. The van der Waals surface area contributed by atoms with E-state index < -0.39 is 25.8 Å². The minimum Gasteiger partial charge on any atom is -0.361 e. The molecule has 1 amide bonds. The summed E-state index contributed by atoms with van der Waals surface area (Å²) in [6, 6.07) is 8.38. The third-order valence-electron chi connectivity index (χ3n) is 6.51. The summed E-state index contributed by atoms with van der Waals surface area (Å²) in [5.41, 5.74) is 3.03. The van der Waals surface area contributed by atoms with Crippen molar-refractivity contribution in [1.29, 1.82) is 0 Å². The molecule has 0 saturated carbocycles. The lowest BCUT2D eigenvalue weighted by atomic mass is 9.90. The predicted octanol–water partition coefficient (Wildman–Crippen LogP) is 5.51. The van der Waals surface area contributed by atoms with Crippen molar-refractivity contribution in [2.45, 2.75) is 44.9 Å². The van der Waals surface area contributed by atoms with Gasteiger partial charge in [-0.2, -0.15) is 5.10 Å². The largest absolute Gasteiger partial charge is 0.361 e. The van der Waals surface area contributed by atoms with Gasteiger partial charge in [-0.1, -0.05) is 19.6 Å². The van der Waals surface area contributed by atoms with Gasteiger partial charge in [0.15, 0.2) is 0 Å². The summed E-state index contributed by atoms with van der Waals surface area (Å²) in [5.74, 6) is -1.56. The Morgan fingerprint density at radius 3 is 2.50 bits per heavy atom. The molecular weight excluding hydrogens is 480 g/mol. The lowest BCUT2D eigenvalue weighted by molar-refractivity contribution is -0.124. The molecule has 3 heterocycles. The van der Waals surface area contributed by atoms with Crippen LogP contribution in [0.1, 0.15) is 18.0 Å². The van der Waals surface area contributed by atoms with Crippen molar-refractivity contribution >= 4 is 30.7 Å². The molecule has 188 valence electrons. The Balaban J connectivity index is 1.36. The molecule has 1 atom stereocenters. The van der Waals surface area contributed by atoms with E-state index in [9.17, 15) is 4.79 Å². The van der Waals surface area contributed by atoms with Gasteiger partial charge in [-0.25, -0.2) is 13.8 Å². The topological polar surface area (TPSA) is 65.2 Å². The van der Waals surface area contributed by atoms with Crippen molar-refractivity contribution in [3.63, 3.8) is 0 Å². The Morgan fingerprint density at radius 1 is 1.11 bits per heavy atom. The van der Waals surface area contributed by atoms with Crippen molar-refractivity contribution in [2.24, 2.45) is 7.05 Å². The van der Waals surface area contributed by atoms with Crippen LogP contribution in [0.25, 0.3) is 22.2 Å². The fraction of sp³-hybridized carbons (Fsp3) is 0.346. The second kappa shape index (κ2) is 9.25. The van der Waals surface area contributed by atoms with E-state index in [1.807, 2.05) is 10.6 Å². The highest BCUT2D eigenvalue weighted by Gasteiger charge is 2.41. The number of ether oxygens (including phenoxy) is 1. The molecule has 36 heavy (non-hydrogen) atoms. The van der Waals surface area contributed by atoms with Gasteiger partial charge in [0, 0.05) is 44.7 Å². The van der Waals surface area contributed by atoms with E-state index in [2.05, 4.69) is 29.7 Å². The third kappa shape index (κ3) is 4.70. The van der Waals surface area contributed by atoms with Gasteiger partial charge in [-0.15, -0.1) is 0 Å². The van der Waals surface area contributed by atoms with E-state index in [0.29, 0.717) is 35.7 Å². The highest BCUT2D eigenvalue weighted by Crippen LogP contribution is 2.42. The van der Waals surface area contributed by atoms with Crippen LogP contribution >= 0.6 is 0 Å². The van der Waals surface area contributed by atoms with Gasteiger partial charge < -0.3 is 14.2 Å². The van der Waals surface area contributed by atoms with Gasteiger partial charge in [0.05, 0.1) is 36.0 Å². The van der Waals surface area contributed by atoms with Gasteiger partial charge in [-0.05, 0) is 41.9 Å². The normalized spacial score (nSPS) is 16.1. The number of rotatable bonds is 8. The second-order valence-electron chi connectivity index (χ2n) is 10.5. The number of carbonyl (C=O) groups is 1. The standard InChI is InChI=1S/C26H29F2N5O2Si/c1-31-14-18(13-30-31)17-9-20(27)26(21(28)10-17)24-12-25(34)33(24)19-5-6-23-22(11-19)29-15-32(23)16-35-7-8-36(2,3)4/h5-6,9-11,13-15,24H,7-8,12,16H2,1-4H3. The Hall–Kier alpha value is -3.37. The Kier molecular flexibility index (Phi) is 6.25. The van der Waals surface area contributed by atoms with Crippen LogP contribution in [0.15, 0.2) is 49.1 Å². The molecule has 0 N–H and O–H groups in total. The van der Waals surface area contributed by atoms with E-state index in [-0.39, 0.29) is 17.9 Å². The molecule has 2 aromatic carbocycles. The van der Waals surface area contributed by atoms with Crippen LogP contribution in [0.4, 0.5) is 14.5 Å². The van der Waals surface area contributed by atoms with Crippen LogP contribution in [0.2, 0.25) is 25.7 Å². The molecule has 2 aromatic heterocycles. The number of β-lactam (4-membered cyclic amide) rings is 1. The summed E-state index contributed by atoms with van der Waals surface area (Å²) in [6.07, 6.45) is 4.99. The first-order valence-electron chi connectivity index (χ1n) is 11.9. The van der Waals surface area contributed by atoms with Crippen LogP contribution in [0.3, 0.4) is 0 Å². The number of benzene rings is 2. The number of aryl methyl sites for hydroxylation is 1. The summed E-state index contributed by atoms with van der Waals surface area (Å²) < 4.78 is 39.6. The minimum absolute atomic E-state index is 0.0392. The maximum Gasteiger partial charge on any atom is 0.230 e. The summed E-state index contributed by atoms with van der Waals surface area (Å²) in [7, 11) is 0.576. The summed E-state index contributed by atoms with van der Waals surface area (Å²) in [6.45, 7) is 8.02. The highest BCUT2D eigenvalue weighted by molar-refractivity contribution is 6.76. The molecule has 1 fully saturated rings. The molecule has 5 rings (SSSR count). The molecular formula is C26H29F2N5O2Si. The molecule has 1 aliphatic rings. The Labute approximate surface area is 209 Å². The van der Waals surface area contributed by atoms with E-state index in [1.165, 1.54) is 17.0 Å².